The summed E-state index contributed by atoms with van der Waals surface area (Å²) in [5.74, 6) is 0.185. The predicted octanol–water partition coefficient (Wildman–Crippen LogP) is 10.7. The quantitative estimate of drug-likeness (QED) is 0.0823. The van der Waals surface area contributed by atoms with Crippen molar-refractivity contribution in [2.45, 2.75) is 163 Å². The number of hydrogen-bond donors (Lipinski definition) is 3. The maximum atomic E-state index is 12.8. The number of fused-ring (bicyclic) bond motifs is 8. The fourth-order valence-corrected chi connectivity index (χ4v) is 9.20. The van der Waals surface area contributed by atoms with Crippen LogP contribution in [0.25, 0.3) is 28.9 Å². The monoisotopic (exact) mass is 862 g/mol. The van der Waals surface area contributed by atoms with Gasteiger partial charge in [-0.2, -0.15) is 5.69 Å². The van der Waals surface area contributed by atoms with Gasteiger partial charge < -0.3 is 35.9 Å². The summed E-state index contributed by atoms with van der Waals surface area (Å²) < 4.78 is 0. The van der Waals surface area contributed by atoms with Crippen molar-refractivity contribution in [1.82, 2.24) is 9.97 Å². The molecule has 0 radical (unpaired) electrons. The van der Waals surface area contributed by atoms with Crippen molar-refractivity contribution in [2.75, 3.05) is 0 Å². The number of aldehydes is 1. The number of allylic oxidation sites excluding steroid dienone is 1. The number of aliphatic carboxylic acids is 2. The van der Waals surface area contributed by atoms with Crippen LogP contribution in [-0.2, 0) is 45.9 Å². The molecular weight excluding hydrogens is 796 g/mol. The first-order valence-electron chi connectivity index (χ1n) is 21.9. The Kier molecular flexibility index (Phi) is 18.0. The standard InChI is InChI=1S/C49H67N4O6.Fe/c1-9-34-31(6)39-25-45-49(46(55)18-12-17-30(5)16-11-15-29(4)14-10-13-28(2)3)33(8)40(52-45)24-44-37(27-54)36(20-22-48(58)59)43(53-44)26-42-35(19-21-47(56)57)32(7)38(51-42)23-41(34)50-39;/h9,25-30,38,40,46,55H,1,10-24H2,2-8H3,(H3,53,54,56,57,58,59);/q-3;+4/p-1/b42-26-,45-25-;/t29-,30+,38?,40?,46+;/m1./s1. The Morgan fingerprint density at radius 3 is 1.85 bits per heavy atom. The van der Waals surface area contributed by atoms with Crippen LogP contribution in [0.15, 0.2) is 40.3 Å². The molecule has 5 heterocycles. The molecule has 0 spiro atoms. The molecule has 5 atom stereocenters. The van der Waals surface area contributed by atoms with Gasteiger partial charge in [-0.3, -0.25) is 14.4 Å². The third kappa shape index (κ3) is 12.1. The number of aliphatic hydroxyl groups is 1. The van der Waals surface area contributed by atoms with Crippen LogP contribution in [-0.4, -0.2) is 51.7 Å². The molecule has 0 saturated carbocycles. The summed E-state index contributed by atoms with van der Waals surface area (Å²) in [5, 5.41) is 41.5. The molecule has 5 rings (SSSR count). The van der Waals surface area contributed by atoms with Gasteiger partial charge in [-0.15, -0.1) is 28.5 Å². The number of carboxylic acids is 2. The van der Waals surface area contributed by atoms with E-state index in [1.165, 1.54) is 38.5 Å². The summed E-state index contributed by atoms with van der Waals surface area (Å²) in [7, 11) is 0. The van der Waals surface area contributed by atoms with Crippen LogP contribution >= 0.6 is 0 Å². The maximum Gasteiger partial charge on any atom is 4.00 e. The molecule has 0 aliphatic carbocycles. The van der Waals surface area contributed by atoms with Gasteiger partial charge in [0.15, 0.2) is 0 Å². The van der Waals surface area contributed by atoms with Gasteiger partial charge in [-0.1, -0.05) is 157 Å². The van der Waals surface area contributed by atoms with E-state index in [-0.39, 0.29) is 55.2 Å². The average molecular weight is 863 g/mol. The number of carboxylic acid groups (broad SMARTS) is 2. The first kappa shape index (κ1) is 48.6. The van der Waals surface area contributed by atoms with Crippen molar-refractivity contribution in [3.63, 3.8) is 0 Å². The molecule has 2 aromatic heterocycles. The second kappa shape index (κ2) is 22.2. The van der Waals surface area contributed by atoms with Gasteiger partial charge in [0.1, 0.15) is 6.29 Å². The van der Waals surface area contributed by atoms with Gasteiger partial charge in [0, 0.05) is 12.8 Å². The molecule has 0 aromatic carbocycles. The Bertz CT molecular complexity index is 2000. The Morgan fingerprint density at radius 1 is 0.750 bits per heavy atom. The van der Waals surface area contributed by atoms with E-state index in [2.05, 4.69) is 34.3 Å². The second-order valence-corrected chi connectivity index (χ2v) is 17.9. The molecule has 326 valence electrons. The van der Waals surface area contributed by atoms with E-state index < -0.39 is 24.1 Å². The third-order valence-electron chi connectivity index (χ3n) is 12.8. The zero-order valence-electron chi connectivity index (χ0n) is 36.8. The van der Waals surface area contributed by atoms with E-state index in [1.807, 2.05) is 32.9 Å². The van der Waals surface area contributed by atoms with Gasteiger partial charge in [-0.25, -0.2) is 0 Å². The zero-order chi connectivity index (χ0) is 43.0. The molecule has 0 fully saturated rings. The number of aliphatic hydroxyl groups excluding tert-OH is 1. The van der Waals surface area contributed by atoms with E-state index >= 15 is 0 Å². The van der Waals surface area contributed by atoms with E-state index in [0.29, 0.717) is 52.7 Å². The van der Waals surface area contributed by atoms with Crippen LogP contribution in [0.2, 0.25) is 0 Å². The summed E-state index contributed by atoms with van der Waals surface area (Å²) in [6.07, 6.45) is 16.5. The molecule has 60 heavy (non-hydrogen) atoms. The molecule has 10 nitrogen and oxygen atoms in total. The summed E-state index contributed by atoms with van der Waals surface area (Å²) in [6.45, 7) is 19.4. The number of hydrogen-bond acceptors (Lipinski definition) is 4. The minimum atomic E-state index is -0.991. The van der Waals surface area contributed by atoms with Gasteiger partial charge in [0.05, 0.1) is 6.10 Å². The fraction of sp³-hybridized carbons (Fsp3) is 0.571. The Morgan fingerprint density at radius 2 is 1.27 bits per heavy atom. The first-order chi connectivity index (χ1) is 28.1. The van der Waals surface area contributed by atoms with E-state index in [1.54, 1.807) is 6.08 Å². The number of carbonyl (C=O) groups excluding carboxylic acids is 1. The number of carbonyl (C=O) groups is 3. The van der Waals surface area contributed by atoms with Crippen molar-refractivity contribution >= 4 is 36.5 Å². The second-order valence-electron chi connectivity index (χ2n) is 17.9. The zero-order valence-corrected chi connectivity index (χ0v) is 37.9. The van der Waals surface area contributed by atoms with Crippen molar-refractivity contribution in [1.29, 1.82) is 0 Å². The molecule has 0 saturated heterocycles. The largest absolute Gasteiger partial charge is 4.00 e. The van der Waals surface area contributed by atoms with Gasteiger partial charge in [-0.05, 0) is 74.5 Å². The molecule has 3 aliphatic heterocycles. The van der Waals surface area contributed by atoms with E-state index in [9.17, 15) is 29.7 Å². The first-order valence-corrected chi connectivity index (χ1v) is 21.9. The van der Waals surface area contributed by atoms with Crippen molar-refractivity contribution < 1.29 is 46.8 Å². The summed E-state index contributed by atoms with van der Waals surface area (Å²) in [4.78, 5) is 46.4. The van der Waals surface area contributed by atoms with Crippen molar-refractivity contribution in [3.8, 4) is 0 Å². The third-order valence-corrected chi connectivity index (χ3v) is 12.8. The minimum Gasteiger partial charge on any atom is -0.678 e. The summed E-state index contributed by atoms with van der Waals surface area (Å²) >= 11 is 0. The van der Waals surface area contributed by atoms with Crippen molar-refractivity contribution in [2.24, 2.45) is 17.8 Å². The van der Waals surface area contributed by atoms with Crippen LogP contribution in [0.4, 0.5) is 0 Å². The fourth-order valence-electron chi connectivity index (χ4n) is 9.20. The molecule has 3 N–H and O–H groups in total. The van der Waals surface area contributed by atoms with Gasteiger partial charge in [0.25, 0.3) is 0 Å². The molecule has 2 aromatic rings. The topological polar surface area (TPSA) is 168 Å². The summed E-state index contributed by atoms with van der Waals surface area (Å²) in [6, 6.07) is -0.737. The summed E-state index contributed by atoms with van der Waals surface area (Å²) in [5.41, 5.74) is 9.95. The van der Waals surface area contributed by atoms with Crippen LogP contribution < -0.4 is 9.97 Å². The van der Waals surface area contributed by atoms with Crippen LogP contribution in [0.3, 0.4) is 0 Å². The normalized spacial score (nSPS) is 20.7. The molecule has 11 heteroatoms. The molecule has 3 aliphatic rings. The van der Waals surface area contributed by atoms with Crippen molar-refractivity contribution in [3.05, 3.63) is 95.9 Å². The molecule has 0 amide bonds. The van der Waals surface area contributed by atoms with Crippen LogP contribution in [0.1, 0.15) is 168 Å². The maximum absolute atomic E-state index is 12.8. The van der Waals surface area contributed by atoms with E-state index in [0.717, 1.165) is 75.8 Å². The molecular formula is C49H66FeN4O6. The number of aromatic nitrogens is 2. The van der Waals surface area contributed by atoms with Gasteiger partial charge >= 0.3 is 29.0 Å². The van der Waals surface area contributed by atoms with Gasteiger partial charge in [0.2, 0.25) is 0 Å². The number of nitrogens with zero attached hydrogens (tertiary/aromatic N) is 4. The average Bonchev–Trinajstić information content (AvgIpc) is 3.85. The molecule has 8 bridgehead atoms. The predicted molar refractivity (Wildman–Crippen MR) is 236 cm³/mol. The number of rotatable bonds is 21. The van der Waals surface area contributed by atoms with E-state index in [4.69, 9.17) is 20.6 Å². The molecule has 2 unspecified atom stereocenters. The Hall–Kier alpha value is -4.05. The van der Waals surface area contributed by atoms with Crippen LogP contribution in [0, 0.1) is 24.7 Å². The minimum absolute atomic E-state index is 0. The Balaban J connectivity index is 0.00000794. The SMILES string of the molecule is C=Cc1c2[n-]c(c1C)/C=C1\[N-]C(Cc3[n-]c(c(CCC(=O)O)c3C=O)/C=C3\[N-]C(C2)C(C)=C3CCC(=O)O)C(C)=C1[C@@H](O)CCC[C@@H](C)CCC[C@H](C)CCCC(C)C.[Fe+4]. The Labute approximate surface area is 368 Å². The smallest absolute Gasteiger partial charge is 0.678 e. The van der Waals surface area contributed by atoms with Crippen LogP contribution in [0.5, 0.6) is 0 Å².